The van der Waals surface area contributed by atoms with E-state index in [1.54, 1.807) is 12.1 Å². The summed E-state index contributed by atoms with van der Waals surface area (Å²) >= 11 is 0. The highest BCUT2D eigenvalue weighted by Gasteiger charge is 2.35. The fourth-order valence-corrected chi connectivity index (χ4v) is 1.31. The lowest BCUT2D eigenvalue weighted by Gasteiger charge is -2.16. The summed E-state index contributed by atoms with van der Waals surface area (Å²) in [5.41, 5.74) is -0.181. The summed E-state index contributed by atoms with van der Waals surface area (Å²) in [5.74, 6) is 0. The minimum atomic E-state index is -4.52. The number of hydrogen-bond acceptors (Lipinski definition) is 1. The van der Waals surface area contributed by atoms with Crippen LogP contribution in [0.15, 0.2) is 42.5 Å². The number of halogens is 3. The van der Waals surface area contributed by atoms with Crippen LogP contribution in [0.2, 0.25) is 0 Å². The summed E-state index contributed by atoms with van der Waals surface area (Å²) in [7, 11) is 0. The zero-order valence-electron chi connectivity index (χ0n) is 8.67. The average molecular weight is 230 g/mol. The molecular formula is C12H13F3O. The van der Waals surface area contributed by atoms with Gasteiger partial charge in [0.1, 0.15) is 0 Å². The van der Waals surface area contributed by atoms with Gasteiger partial charge >= 0.3 is 6.18 Å². The Bertz CT molecular complexity index is 343. The third-order valence-electron chi connectivity index (χ3n) is 2.32. The lowest BCUT2D eigenvalue weighted by molar-refractivity contribution is -0.105. The second-order valence-electron chi connectivity index (χ2n) is 3.56. The molecule has 1 N–H and O–H groups in total. The SMILES string of the molecule is C=C(C(O)CCc1ccccc1)C(F)(F)F. The molecule has 16 heavy (non-hydrogen) atoms. The van der Waals surface area contributed by atoms with Gasteiger partial charge in [-0.25, -0.2) is 0 Å². The number of alkyl halides is 3. The third kappa shape index (κ3) is 3.70. The van der Waals surface area contributed by atoms with E-state index in [-0.39, 0.29) is 6.42 Å². The summed E-state index contributed by atoms with van der Waals surface area (Å²) in [5, 5.41) is 9.30. The maximum atomic E-state index is 12.2. The maximum Gasteiger partial charge on any atom is 0.414 e. The quantitative estimate of drug-likeness (QED) is 0.788. The van der Waals surface area contributed by atoms with Crippen molar-refractivity contribution in [3.8, 4) is 0 Å². The van der Waals surface area contributed by atoms with E-state index in [1.165, 1.54) is 0 Å². The molecule has 1 nitrogen and oxygen atoms in total. The molecular weight excluding hydrogens is 217 g/mol. The van der Waals surface area contributed by atoms with Crippen molar-refractivity contribution < 1.29 is 18.3 Å². The molecule has 0 aromatic heterocycles. The minimum absolute atomic E-state index is 0.0301. The van der Waals surface area contributed by atoms with Crippen LogP contribution in [0.25, 0.3) is 0 Å². The maximum absolute atomic E-state index is 12.2. The summed E-state index contributed by atoms with van der Waals surface area (Å²) in [4.78, 5) is 0. The molecule has 0 aliphatic carbocycles. The summed E-state index contributed by atoms with van der Waals surface area (Å²) < 4.78 is 36.5. The Morgan fingerprint density at radius 3 is 2.31 bits per heavy atom. The summed E-state index contributed by atoms with van der Waals surface area (Å²) in [6.45, 7) is 2.86. The van der Waals surface area contributed by atoms with Crippen molar-refractivity contribution in [3.63, 3.8) is 0 Å². The van der Waals surface area contributed by atoms with Crippen LogP contribution < -0.4 is 0 Å². The predicted molar refractivity (Wildman–Crippen MR) is 56.0 cm³/mol. The molecule has 0 heterocycles. The molecule has 1 unspecified atom stereocenters. The smallest absolute Gasteiger partial charge is 0.388 e. The molecule has 0 amide bonds. The highest BCUT2D eigenvalue weighted by molar-refractivity contribution is 5.16. The van der Waals surface area contributed by atoms with Crippen LogP contribution in [0.1, 0.15) is 12.0 Å². The average Bonchev–Trinajstić information content (AvgIpc) is 2.25. The molecule has 0 spiro atoms. The zero-order valence-corrected chi connectivity index (χ0v) is 8.67. The predicted octanol–water partition coefficient (Wildman–Crippen LogP) is 3.10. The van der Waals surface area contributed by atoms with E-state index in [2.05, 4.69) is 6.58 Å². The minimum Gasteiger partial charge on any atom is -0.388 e. The molecule has 1 rings (SSSR count). The molecule has 4 heteroatoms. The number of aliphatic hydroxyl groups is 1. The van der Waals surface area contributed by atoms with E-state index in [4.69, 9.17) is 0 Å². The second kappa shape index (κ2) is 5.16. The normalized spacial score (nSPS) is 13.5. The van der Waals surface area contributed by atoms with E-state index in [9.17, 15) is 18.3 Å². The van der Waals surface area contributed by atoms with Gasteiger partial charge in [-0.2, -0.15) is 13.2 Å². The molecule has 0 radical (unpaired) electrons. The Labute approximate surface area is 92.2 Å². The lowest BCUT2D eigenvalue weighted by atomic mass is 10.0. The van der Waals surface area contributed by atoms with Crippen molar-refractivity contribution in [1.29, 1.82) is 0 Å². The third-order valence-corrected chi connectivity index (χ3v) is 2.32. The number of hydrogen-bond donors (Lipinski definition) is 1. The Balaban J connectivity index is 2.48. The zero-order chi connectivity index (χ0) is 12.2. The molecule has 0 fully saturated rings. The van der Waals surface area contributed by atoms with Crippen LogP contribution >= 0.6 is 0 Å². The van der Waals surface area contributed by atoms with Gasteiger partial charge in [0.15, 0.2) is 0 Å². The number of aliphatic hydroxyl groups excluding tert-OH is 1. The van der Waals surface area contributed by atoms with E-state index in [0.29, 0.717) is 6.42 Å². The molecule has 1 atom stereocenters. The Morgan fingerprint density at radius 2 is 1.81 bits per heavy atom. The number of rotatable bonds is 4. The summed E-state index contributed by atoms with van der Waals surface area (Å²) in [6, 6.07) is 9.06. The Kier molecular flexibility index (Phi) is 4.12. The van der Waals surface area contributed by atoms with Crippen LogP contribution in [0.3, 0.4) is 0 Å². The van der Waals surface area contributed by atoms with Gasteiger partial charge in [0.2, 0.25) is 0 Å². The highest BCUT2D eigenvalue weighted by Crippen LogP contribution is 2.28. The van der Waals surface area contributed by atoms with Gasteiger partial charge in [-0.1, -0.05) is 36.9 Å². The number of aryl methyl sites for hydroxylation is 1. The van der Waals surface area contributed by atoms with E-state index in [1.807, 2.05) is 18.2 Å². The molecule has 0 saturated heterocycles. The first-order chi connectivity index (χ1) is 7.41. The first-order valence-electron chi connectivity index (χ1n) is 4.89. The second-order valence-corrected chi connectivity index (χ2v) is 3.56. The van der Waals surface area contributed by atoms with Crippen LogP contribution in [-0.4, -0.2) is 17.4 Å². The topological polar surface area (TPSA) is 20.2 Å². The van der Waals surface area contributed by atoms with Crippen molar-refractivity contribution in [2.75, 3.05) is 0 Å². The van der Waals surface area contributed by atoms with Crippen molar-refractivity contribution in [1.82, 2.24) is 0 Å². The molecule has 0 saturated carbocycles. The van der Waals surface area contributed by atoms with Crippen molar-refractivity contribution in [2.24, 2.45) is 0 Å². The number of benzene rings is 1. The first kappa shape index (κ1) is 12.8. The Hall–Kier alpha value is -1.29. The monoisotopic (exact) mass is 230 g/mol. The lowest BCUT2D eigenvalue weighted by Crippen LogP contribution is -2.23. The molecule has 88 valence electrons. The van der Waals surface area contributed by atoms with Crippen LogP contribution in [0, 0.1) is 0 Å². The van der Waals surface area contributed by atoms with Gasteiger partial charge in [0, 0.05) is 0 Å². The Morgan fingerprint density at radius 1 is 1.25 bits per heavy atom. The molecule has 1 aromatic carbocycles. The first-order valence-corrected chi connectivity index (χ1v) is 4.89. The van der Waals surface area contributed by atoms with E-state index in [0.717, 1.165) is 5.56 Å². The standard InChI is InChI=1S/C12H13F3O/c1-9(12(13,14)15)11(16)8-7-10-5-3-2-4-6-10/h2-6,11,16H,1,7-8H2. The molecule has 1 aromatic rings. The summed E-state index contributed by atoms with van der Waals surface area (Å²) in [6.07, 6.45) is -5.62. The molecule has 0 aliphatic heterocycles. The van der Waals surface area contributed by atoms with Gasteiger partial charge < -0.3 is 5.11 Å². The van der Waals surface area contributed by atoms with Gasteiger partial charge in [0.05, 0.1) is 11.7 Å². The molecule has 0 aliphatic rings. The van der Waals surface area contributed by atoms with Crippen LogP contribution in [0.5, 0.6) is 0 Å². The van der Waals surface area contributed by atoms with Crippen molar-refractivity contribution in [2.45, 2.75) is 25.1 Å². The van der Waals surface area contributed by atoms with Crippen molar-refractivity contribution in [3.05, 3.63) is 48.0 Å². The van der Waals surface area contributed by atoms with Gasteiger partial charge in [0.25, 0.3) is 0 Å². The highest BCUT2D eigenvalue weighted by atomic mass is 19.4. The van der Waals surface area contributed by atoms with Crippen LogP contribution in [0.4, 0.5) is 13.2 Å². The van der Waals surface area contributed by atoms with Crippen molar-refractivity contribution >= 4 is 0 Å². The fraction of sp³-hybridized carbons (Fsp3) is 0.333. The van der Waals surface area contributed by atoms with Gasteiger partial charge in [-0.15, -0.1) is 0 Å². The van der Waals surface area contributed by atoms with Gasteiger partial charge in [-0.3, -0.25) is 0 Å². The van der Waals surface area contributed by atoms with E-state index < -0.39 is 17.9 Å². The van der Waals surface area contributed by atoms with Gasteiger partial charge in [-0.05, 0) is 18.4 Å². The van der Waals surface area contributed by atoms with E-state index >= 15 is 0 Å². The van der Waals surface area contributed by atoms with Crippen LogP contribution in [-0.2, 0) is 6.42 Å². The fourth-order valence-electron chi connectivity index (χ4n) is 1.31. The largest absolute Gasteiger partial charge is 0.414 e. The molecule has 0 bridgehead atoms.